The normalized spacial score (nSPS) is 16.8. The summed E-state index contributed by atoms with van der Waals surface area (Å²) in [5, 5.41) is 1.11. The van der Waals surface area contributed by atoms with E-state index >= 15 is 0 Å². The van der Waals surface area contributed by atoms with Crippen molar-refractivity contribution in [3.8, 4) is 0 Å². The number of nitrogens with zero attached hydrogens (tertiary/aromatic N) is 3. The van der Waals surface area contributed by atoms with Crippen molar-refractivity contribution in [2.24, 2.45) is 7.05 Å². The fourth-order valence-electron chi connectivity index (χ4n) is 2.68. The van der Waals surface area contributed by atoms with Crippen LogP contribution in [0.25, 0.3) is 10.3 Å². The van der Waals surface area contributed by atoms with Gasteiger partial charge in [-0.3, -0.25) is 9.36 Å². The van der Waals surface area contributed by atoms with Crippen LogP contribution in [0, 0.1) is 0 Å². The van der Waals surface area contributed by atoms with Crippen LogP contribution in [0.2, 0.25) is 0 Å². The first-order valence-electron chi connectivity index (χ1n) is 6.57. The Labute approximate surface area is 110 Å². The van der Waals surface area contributed by atoms with Crippen molar-refractivity contribution >= 4 is 21.7 Å². The summed E-state index contributed by atoms with van der Waals surface area (Å²) in [6.45, 7) is 2.02. The Morgan fingerprint density at radius 3 is 2.72 bits per heavy atom. The second-order valence-corrected chi connectivity index (χ2v) is 5.94. The van der Waals surface area contributed by atoms with E-state index in [1.807, 2.05) is 6.92 Å². The van der Waals surface area contributed by atoms with Crippen LogP contribution in [-0.2, 0) is 13.5 Å². The first-order valence-corrected chi connectivity index (χ1v) is 7.38. The van der Waals surface area contributed by atoms with Crippen molar-refractivity contribution in [2.45, 2.75) is 44.9 Å². The highest BCUT2D eigenvalue weighted by atomic mass is 32.1. The lowest BCUT2D eigenvalue weighted by molar-refractivity contribution is 0.716. The Balaban J connectivity index is 2.16. The molecule has 0 spiro atoms. The molecule has 1 aliphatic rings. The number of aryl methyl sites for hydroxylation is 1. The molecule has 1 aliphatic carbocycles. The summed E-state index contributed by atoms with van der Waals surface area (Å²) < 4.78 is 1.63. The highest BCUT2D eigenvalue weighted by Crippen LogP contribution is 2.36. The van der Waals surface area contributed by atoms with Crippen LogP contribution in [0.15, 0.2) is 4.79 Å². The van der Waals surface area contributed by atoms with Crippen molar-refractivity contribution in [2.75, 3.05) is 0 Å². The lowest BCUT2D eigenvalue weighted by Gasteiger charge is -2.02. The Morgan fingerprint density at radius 1 is 1.33 bits per heavy atom. The molecule has 96 valence electrons. The molecule has 0 saturated heterocycles. The summed E-state index contributed by atoms with van der Waals surface area (Å²) in [7, 11) is 1.78. The molecule has 2 aromatic rings. The van der Waals surface area contributed by atoms with Crippen LogP contribution in [0.5, 0.6) is 0 Å². The van der Waals surface area contributed by atoms with Gasteiger partial charge in [-0.25, -0.2) is 9.97 Å². The molecule has 1 saturated carbocycles. The average Bonchev–Trinajstić information content (AvgIpc) is 3.01. The van der Waals surface area contributed by atoms with E-state index in [0.717, 1.165) is 22.1 Å². The van der Waals surface area contributed by atoms with Crippen LogP contribution >= 0.6 is 11.3 Å². The summed E-state index contributed by atoms with van der Waals surface area (Å²) >= 11 is 1.61. The largest absolute Gasteiger partial charge is 0.298 e. The molecule has 18 heavy (non-hydrogen) atoms. The SMILES string of the molecule is CCc1nc2sc(C3CCCC3)nc2c(=O)n1C. The molecule has 2 aromatic heterocycles. The minimum atomic E-state index is -0.00246. The minimum Gasteiger partial charge on any atom is -0.298 e. The van der Waals surface area contributed by atoms with Crippen molar-refractivity contribution in [3.05, 3.63) is 21.2 Å². The molecule has 2 heterocycles. The second kappa shape index (κ2) is 4.46. The number of hydrogen-bond donors (Lipinski definition) is 0. The number of rotatable bonds is 2. The van der Waals surface area contributed by atoms with E-state index in [-0.39, 0.29) is 5.56 Å². The zero-order chi connectivity index (χ0) is 12.7. The maximum absolute atomic E-state index is 12.2. The topological polar surface area (TPSA) is 47.8 Å². The third kappa shape index (κ3) is 1.77. The van der Waals surface area contributed by atoms with Gasteiger partial charge in [-0.05, 0) is 12.8 Å². The highest BCUT2D eigenvalue weighted by molar-refractivity contribution is 7.18. The number of thiazole rings is 1. The summed E-state index contributed by atoms with van der Waals surface area (Å²) in [5.74, 6) is 1.40. The van der Waals surface area contributed by atoms with Crippen molar-refractivity contribution < 1.29 is 0 Å². The molecule has 1 fully saturated rings. The number of fused-ring (bicyclic) bond motifs is 1. The first-order chi connectivity index (χ1) is 8.70. The van der Waals surface area contributed by atoms with Gasteiger partial charge in [-0.15, -0.1) is 0 Å². The van der Waals surface area contributed by atoms with Crippen LogP contribution in [-0.4, -0.2) is 14.5 Å². The zero-order valence-corrected chi connectivity index (χ0v) is 11.6. The summed E-state index contributed by atoms with van der Waals surface area (Å²) in [6, 6.07) is 0. The van der Waals surface area contributed by atoms with Crippen LogP contribution in [0.4, 0.5) is 0 Å². The van der Waals surface area contributed by atoms with Gasteiger partial charge in [0, 0.05) is 19.4 Å². The van der Waals surface area contributed by atoms with Crippen molar-refractivity contribution in [1.29, 1.82) is 0 Å². The molecule has 0 amide bonds. The molecule has 0 unspecified atom stereocenters. The monoisotopic (exact) mass is 263 g/mol. The molecular weight excluding hydrogens is 246 g/mol. The molecule has 0 radical (unpaired) electrons. The van der Waals surface area contributed by atoms with Gasteiger partial charge in [0.1, 0.15) is 5.82 Å². The van der Waals surface area contributed by atoms with E-state index in [2.05, 4.69) is 9.97 Å². The maximum atomic E-state index is 12.2. The summed E-state index contributed by atoms with van der Waals surface area (Å²) in [6.07, 6.45) is 5.76. The third-order valence-electron chi connectivity index (χ3n) is 3.77. The predicted octanol–water partition coefficient (Wildman–Crippen LogP) is 2.61. The Bertz CT molecular complexity index is 637. The molecule has 0 aliphatic heterocycles. The Kier molecular flexibility index (Phi) is 2.93. The highest BCUT2D eigenvalue weighted by Gasteiger charge is 2.22. The van der Waals surface area contributed by atoms with E-state index in [1.54, 1.807) is 23.0 Å². The van der Waals surface area contributed by atoms with Crippen LogP contribution < -0.4 is 5.56 Å². The average molecular weight is 263 g/mol. The minimum absolute atomic E-state index is 0.00246. The van der Waals surface area contributed by atoms with Crippen LogP contribution in [0.1, 0.15) is 49.4 Å². The van der Waals surface area contributed by atoms with E-state index < -0.39 is 0 Å². The lowest BCUT2D eigenvalue weighted by atomic mass is 10.1. The number of aromatic nitrogens is 3. The maximum Gasteiger partial charge on any atom is 0.280 e. The quantitative estimate of drug-likeness (QED) is 0.836. The molecule has 0 bridgehead atoms. The fraction of sp³-hybridized carbons (Fsp3) is 0.615. The van der Waals surface area contributed by atoms with Gasteiger partial charge in [0.15, 0.2) is 10.3 Å². The first kappa shape index (κ1) is 11.8. The standard InChI is InChI=1S/C13H17N3OS/c1-3-9-14-12-10(13(17)16(9)2)15-11(18-12)8-6-4-5-7-8/h8H,3-7H2,1-2H3. The fourth-order valence-corrected chi connectivity index (χ4v) is 3.79. The Hall–Kier alpha value is -1.23. The van der Waals surface area contributed by atoms with Crippen LogP contribution in [0.3, 0.4) is 0 Å². The van der Waals surface area contributed by atoms with Crippen molar-refractivity contribution in [1.82, 2.24) is 14.5 Å². The summed E-state index contributed by atoms with van der Waals surface area (Å²) in [5.41, 5.74) is 0.555. The van der Waals surface area contributed by atoms with E-state index in [0.29, 0.717) is 11.4 Å². The predicted molar refractivity (Wildman–Crippen MR) is 73.2 cm³/mol. The van der Waals surface area contributed by atoms with Gasteiger partial charge in [0.05, 0.1) is 5.01 Å². The smallest absolute Gasteiger partial charge is 0.280 e. The molecule has 5 heteroatoms. The van der Waals surface area contributed by atoms with Gasteiger partial charge in [0.2, 0.25) is 0 Å². The molecular formula is C13H17N3OS. The molecule has 3 rings (SSSR count). The lowest BCUT2D eigenvalue weighted by Crippen LogP contribution is -2.21. The van der Waals surface area contributed by atoms with Gasteiger partial charge in [-0.2, -0.15) is 0 Å². The molecule has 0 aromatic carbocycles. The van der Waals surface area contributed by atoms with E-state index in [9.17, 15) is 4.79 Å². The van der Waals surface area contributed by atoms with Gasteiger partial charge < -0.3 is 0 Å². The van der Waals surface area contributed by atoms with Crippen molar-refractivity contribution in [3.63, 3.8) is 0 Å². The van der Waals surface area contributed by atoms with Gasteiger partial charge >= 0.3 is 0 Å². The van der Waals surface area contributed by atoms with E-state index in [4.69, 9.17) is 0 Å². The number of hydrogen-bond acceptors (Lipinski definition) is 4. The zero-order valence-electron chi connectivity index (χ0n) is 10.8. The molecule has 0 atom stereocenters. The molecule has 0 N–H and O–H groups in total. The van der Waals surface area contributed by atoms with Gasteiger partial charge in [0.25, 0.3) is 5.56 Å². The third-order valence-corrected chi connectivity index (χ3v) is 4.88. The summed E-state index contributed by atoms with van der Waals surface area (Å²) in [4.78, 5) is 22.1. The Morgan fingerprint density at radius 2 is 2.06 bits per heavy atom. The van der Waals surface area contributed by atoms with Gasteiger partial charge in [-0.1, -0.05) is 31.1 Å². The molecule has 4 nitrogen and oxygen atoms in total. The second-order valence-electron chi connectivity index (χ2n) is 4.93. The van der Waals surface area contributed by atoms with E-state index in [1.165, 1.54) is 25.7 Å².